The zero-order valence-electron chi connectivity index (χ0n) is 21.7. The van der Waals surface area contributed by atoms with Crippen molar-refractivity contribution >= 4 is 28.9 Å². The van der Waals surface area contributed by atoms with Crippen molar-refractivity contribution < 1.29 is 24.4 Å². The van der Waals surface area contributed by atoms with Crippen LogP contribution in [0, 0.1) is 6.92 Å². The number of nitrogens with zero attached hydrogens (tertiary/aromatic N) is 2. The average molecular weight is 496 g/mol. The molecule has 0 spiro atoms. The molecule has 0 saturated carbocycles. The zero-order chi connectivity index (χ0) is 26.3. The normalized spacial score (nSPS) is 10.7. The van der Waals surface area contributed by atoms with Gasteiger partial charge in [-0.15, -0.1) is 0 Å². The van der Waals surface area contributed by atoms with Crippen molar-refractivity contribution in [1.82, 2.24) is 4.57 Å². The molecule has 0 aliphatic rings. The van der Waals surface area contributed by atoms with Crippen LogP contribution in [-0.2, 0) is 22.7 Å². The topological polar surface area (TPSA) is 112 Å². The number of anilines is 1. The van der Waals surface area contributed by atoms with E-state index in [1.807, 2.05) is 0 Å². The van der Waals surface area contributed by atoms with E-state index in [0.29, 0.717) is 0 Å². The van der Waals surface area contributed by atoms with Crippen molar-refractivity contribution in [2.24, 2.45) is 0 Å². The molecule has 3 N–H and O–H groups in total. The van der Waals surface area contributed by atoms with E-state index in [1.165, 1.54) is 86.4 Å². The second kappa shape index (κ2) is 15.6. The summed E-state index contributed by atoms with van der Waals surface area (Å²) in [7, 11) is 0. The van der Waals surface area contributed by atoms with Crippen LogP contribution in [0.1, 0.15) is 82.3 Å². The standard InChI is InChI=1S/C27H39N3.C2H2O4/c1-3-4-5-6-7-8-9-10-11-14-21-29-25-15-12-13-16-26(25)30(27(29)28)22-24-19-17-23(2)18-20-24;3-1(4)2(5)6/h12-13,15-20,28H,3-11,14,21-22H2,1-2H3;(H,3,4)(H,5,6). The number of hydrogen-bond donors (Lipinski definition) is 2. The van der Waals surface area contributed by atoms with E-state index in [0.717, 1.165) is 19.0 Å². The number of imidazole rings is 1. The van der Waals surface area contributed by atoms with Gasteiger partial charge in [-0.05, 0) is 31.0 Å². The summed E-state index contributed by atoms with van der Waals surface area (Å²) in [6.07, 6.45) is 13.6. The second-order valence-corrected chi connectivity index (χ2v) is 9.34. The highest BCUT2D eigenvalue weighted by Gasteiger charge is 2.20. The van der Waals surface area contributed by atoms with E-state index in [1.54, 1.807) is 0 Å². The summed E-state index contributed by atoms with van der Waals surface area (Å²) in [6.45, 7) is 6.23. The first kappa shape index (κ1) is 28.9. The Morgan fingerprint density at radius 1 is 0.889 bits per heavy atom. The van der Waals surface area contributed by atoms with E-state index < -0.39 is 11.9 Å². The number of hydrogen-bond acceptors (Lipinski definition) is 4. The molecule has 0 aliphatic carbocycles. The lowest BCUT2D eigenvalue weighted by molar-refractivity contribution is -0.648. The zero-order valence-corrected chi connectivity index (χ0v) is 21.7. The maximum absolute atomic E-state index is 9.04. The number of carbonyl (C=O) groups excluding carboxylic acids is 1. The highest BCUT2D eigenvalue weighted by molar-refractivity contribution is 6.26. The maximum Gasteiger partial charge on any atom is 0.356 e. The van der Waals surface area contributed by atoms with E-state index in [2.05, 4.69) is 71.5 Å². The molecule has 3 aromatic rings. The van der Waals surface area contributed by atoms with Crippen LogP contribution in [0.15, 0.2) is 48.5 Å². The summed E-state index contributed by atoms with van der Waals surface area (Å²) in [5.74, 6) is -3.14. The number of para-hydroxylation sites is 2. The molecule has 0 aliphatic heterocycles. The van der Waals surface area contributed by atoms with Crippen LogP contribution in [0.25, 0.3) is 11.0 Å². The molecule has 2 aromatic carbocycles. The quantitative estimate of drug-likeness (QED) is 0.204. The Morgan fingerprint density at radius 2 is 1.42 bits per heavy atom. The molecular formula is C29H41N3O4. The Balaban J connectivity index is 0.000000678. The van der Waals surface area contributed by atoms with E-state index in [9.17, 15) is 0 Å². The van der Waals surface area contributed by atoms with Crippen LogP contribution in [0.2, 0.25) is 0 Å². The Morgan fingerprint density at radius 3 is 1.97 bits per heavy atom. The third kappa shape index (κ3) is 9.36. The molecule has 0 bridgehead atoms. The lowest BCUT2D eigenvalue weighted by atomic mass is 10.1. The summed E-state index contributed by atoms with van der Waals surface area (Å²) in [5, 5.41) is 16.3. The minimum absolute atomic E-state index is 0.817. The first-order valence-corrected chi connectivity index (χ1v) is 13.1. The van der Waals surface area contributed by atoms with E-state index >= 15 is 0 Å². The predicted molar refractivity (Wildman–Crippen MR) is 141 cm³/mol. The third-order valence-electron chi connectivity index (χ3n) is 6.39. The minimum Gasteiger partial charge on any atom is -0.539 e. The van der Waals surface area contributed by atoms with Crippen molar-refractivity contribution in [2.75, 3.05) is 5.73 Å². The molecule has 0 unspecified atom stereocenters. The van der Waals surface area contributed by atoms with Crippen LogP contribution >= 0.6 is 0 Å². The van der Waals surface area contributed by atoms with Gasteiger partial charge in [-0.1, -0.05) is 107 Å². The molecule has 1 aromatic heterocycles. The fourth-order valence-corrected chi connectivity index (χ4v) is 4.35. The SMILES string of the molecule is CCCCCCCCCCCCn1c(N)[n+](Cc2ccc(C)cc2)c2ccccc21.O=C([O-])C(=O)O. The predicted octanol–water partition coefficient (Wildman–Crippen LogP) is 4.61. The molecule has 1 heterocycles. The van der Waals surface area contributed by atoms with Gasteiger partial charge in [-0.2, -0.15) is 0 Å². The van der Waals surface area contributed by atoms with Crippen LogP contribution in [0.4, 0.5) is 5.95 Å². The Kier molecular flexibility index (Phi) is 12.5. The number of nitrogen functional groups attached to an aromatic ring is 1. The summed E-state index contributed by atoms with van der Waals surface area (Å²) >= 11 is 0. The smallest absolute Gasteiger partial charge is 0.356 e. The molecule has 0 radical (unpaired) electrons. The monoisotopic (exact) mass is 495 g/mol. The van der Waals surface area contributed by atoms with Crippen LogP contribution in [0.5, 0.6) is 0 Å². The summed E-state index contributed by atoms with van der Waals surface area (Å²) in [5.41, 5.74) is 11.7. The lowest BCUT2D eigenvalue weighted by Gasteiger charge is -2.04. The van der Waals surface area contributed by atoms with Crippen molar-refractivity contribution in [3.05, 3.63) is 59.7 Å². The molecule has 0 fully saturated rings. The molecule has 3 rings (SSSR count). The number of carbonyl (C=O) groups is 2. The first-order chi connectivity index (χ1) is 17.3. The van der Waals surface area contributed by atoms with Crippen molar-refractivity contribution in [3.8, 4) is 0 Å². The first-order valence-electron chi connectivity index (χ1n) is 13.1. The number of aryl methyl sites for hydroxylation is 2. The minimum atomic E-state index is -2.07. The number of rotatable bonds is 13. The number of benzene rings is 2. The Bertz CT molecular complexity index is 1080. The van der Waals surface area contributed by atoms with Crippen molar-refractivity contribution in [3.63, 3.8) is 0 Å². The average Bonchev–Trinajstić information content (AvgIpc) is 3.12. The summed E-state index contributed by atoms with van der Waals surface area (Å²) in [6, 6.07) is 17.4. The summed E-state index contributed by atoms with van der Waals surface area (Å²) < 4.78 is 4.57. The van der Waals surface area contributed by atoms with Gasteiger partial charge >= 0.3 is 11.9 Å². The molecule has 0 atom stereocenters. The fraction of sp³-hybridized carbons (Fsp3) is 0.483. The number of aromatic nitrogens is 2. The molecule has 7 nitrogen and oxygen atoms in total. The van der Waals surface area contributed by atoms with Crippen molar-refractivity contribution in [1.29, 1.82) is 0 Å². The van der Waals surface area contributed by atoms with Gasteiger partial charge in [0.15, 0.2) is 5.97 Å². The highest BCUT2D eigenvalue weighted by atomic mass is 16.4. The summed E-state index contributed by atoms with van der Waals surface area (Å²) in [4.78, 5) is 18.0. The Hall–Kier alpha value is -3.35. The highest BCUT2D eigenvalue weighted by Crippen LogP contribution is 2.19. The number of carboxylic acid groups (broad SMARTS) is 2. The fourth-order valence-electron chi connectivity index (χ4n) is 4.35. The van der Waals surface area contributed by atoms with Gasteiger partial charge in [0, 0.05) is 0 Å². The molecular weight excluding hydrogens is 454 g/mol. The van der Waals surface area contributed by atoms with Crippen LogP contribution < -0.4 is 15.4 Å². The number of unbranched alkanes of at least 4 members (excludes halogenated alkanes) is 9. The van der Waals surface area contributed by atoms with Crippen molar-refractivity contribution in [2.45, 2.75) is 91.1 Å². The van der Waals surface area contributed by atoms with Crippen LogP contribution in [0.3, 0.4) is 0 Å². The maximum atomic E-state index is 9.04. The van der Waals surface area contributed by atoms with Gasteiger partial charge in [-0.3, -0.25) is 5.73 Å². The number of carboxylic acids is 2. The van der Waals surface area contributed by atoms with Gasteiger partial charge in [-0.25, -0.2) is 13.9 Å². The molecule has 0 amide bonds. The van der Waals surface area contributed by atoms with Gasteiger partial charge < -0.3 is 15.0 Å². The second-order valence-electron chi connectivity index (χ2n) is 9.34. The van der Waals surface area contributed by atoms with E-state index in [4.69, 9.17) is 25.5 Å². The number of nitrogens with two attached hydrogens (primary N) is 1. The van der Waals surface area contributed by atoms with Crippen LogP contribution in [-0.4, -0.2) is 21.6 Å². The molecule has 196 valence electrons. The molecule has 7 heteroatoms. The number of fused-ring (bicyclic) bond motifs is 1. The van der Waals surface area contributed by atoms with Gasteiger partial charge in [0.1, 0.15) is 11.0 Å². The molecule has 0 saturated heterocycles. The lowest BCUT2D eigenvalue weighted by Crippen LogP contribution is -2.37. The Labute approximate surface area is 214 Å². The largest absolute Gasteiger partial charge is 0.539 e. The van der Waals surface area contributed by atoms with Gasteiger partial charge in [0.05, 0.1) is 13.1 Å². The van der Waals surface area contributed by atoms with E-state index in [-0.39, 0.29) is 0 Å². The molecule has 36 heavy (non-hydrogen) atoms. The van der Waals surface area contributed by atoms with Gasteiger partial charge in [0.2, 0.25) is 0 Å². The van der Waals surface area contributed by atoms with Gasteiger partial charge in [0.25, 0.3) is 0 Å². The number of aliphatic carboxylic acids is 2. The third-order valence-corrected chi connectivity index (χ3v) is 6.39.